The van der Waals surface area contributed by atoms with E-state index in [1.165, 1.54) is 0 Å². The molecule has 5 heteroatoms. The van der Waals surface area contributed by atoms with Gasteiger partial charge in [0, 0.05) is 17.1 Å². The zero-order valence-electron chi connectivity index (χ0n) is 4.98. The Hall–Kier alpha value is -0.680. The van der Waals surface area contributed by atoms with E-state index in [9.17, 15) is 0 Å². The molecular weight excluding hydrogens is 158 g/mol. The fourth-order valence-corrected chi connectivity index (χ4v) is 0.313. The Balaban J connectivity index is 0.000000180. The summed E-state index contributed by atoms with van der Waals surface area (Å²) in [6.45, 7) is 0. The Morgan fingerprint density at radius 2 is 1.50 bits per heavy atom. The molecule has 10 heavy (non-hydrogen) atoms. The molecule has 1 N–H and O–H groups in total. The minimum absolute atomic E-state index is 1.75. The van der Waals surface area contributed by atoms with E-state index < -0.39 is 10.8 Å². The summed E-state index contributed by atoms with van der Waals surface area (Å²) in [4.78, 5) is 3.78. The summed E-state index contributed by atoms with van der Waals surface area (Å²) in [5.74, 6) is 0. The predicted octanol–water partition coefficient (Wildman–Crippen LogP) is -1.85. The van der Waals surface area contributed by atoms with Crippen LogP contribution >= 0.6 is 0 Å². The number of pyridine rings is 1. The molecule has 0 aromatic carbocycles. The SMILES string of the molecule is [O-][Cl+2]([O-])O.c1ccncc1. The lowest BCUT2D eigenvalue weighted by Gasteiger charge is -1.72. The van der Waals surface area contributed by atoms with Crippen LogP contribution in [0.25, 0.3) is 0 Å². The summed E-state index contributed by atoms with van der Waals surface area (Å²) in [6.07, 6.45) is 3.50. The van der Waals surface area contributed by atoms with Gasteiger partial charge >= 0.3 is 0 Å². The highest BCUT2D eigenvalue weighted by molar-refractivity contribution is 4.88. The van der Waals surface area contributed by atoms with Crippen LogP contribution in [0.4, 0.5) is 0 Å². The van der Waals surface area contributed by atoms with Gasteiger partial charge in [0.1, 0.15) is 0 Å². The maximum Gasteiger partial charge on any atom is 0.282 e. The molecule has 0 aliphatic heterocycles. The van der Waals surface area contributed by atoms with Crippen LogP contribution in [-0.4, -0.2) is 9.64 Å². The molecule has 0 aliphatic rings. The summed E-state index contributed by atoms with van der Waals surface area (Å²) in [5, 5.41) is 0. The molecule has 0 spiro atoms. The van der Waals surface area contributed by atoms with Crippen molar-refractivity contribution in [2.75, 3.05) is 0 Å². The summed E-state index contributed by atoms with van der Waals surface area (Å²) in [7, 11) is -2.60. The van der Waals surface area contributed by atoms with Crippen LogP contribution < -0.4 is 9.32 Å². The Morgan fingerprint density at radius 3 is 1.60 bits per heavy atom. The first-order valence-electron chi connectivity index (χ1n) is 2.33. The quantitative estimate of drug-likeness (QED) is 0.487. The molecule has 0 fully saturated rings. The highest BCUT2D eigenvalue weighted by atomic mass is 35.6. The zero-order valence-corrected chi connectivity index (χ0v) is 5.73. The molecule has 0 bridgehead atoms. The first kappa shape index (κ1) is 9.32. The number of nitrogens with zero attached hydrogens (tertiary/aromatic N) is 1. The van der Waals surface area contributed by atoms with Gasteiger partial charge in [0.15, 0.2) is 0 Å². The summed E-state index contributed by atoms with van der Waals surface area (Å²) in [5.41, 5.74) is 0. The van der Waals surface area contributed by atoms with Gasteiger partial charge in [-0.15, -0.1) is 0 Å². The van der Waals surface area contributed by atoms with E-state index in [2.05, 4.69) is 4.98 Å². The fourth-order valence-electron chi connectivity index (χ4n) is 0.313. The number of aromatic nitrogens is 1. The smallest absolute Gasteiger partial charge is 0.282 e. The van der Waals surface area contributed by atoms with Gasteiger partial charge in [-0.2, -0.15) is 0 Å². The van der Waals surface area contributed by atoms with Gasteiger partial charge in [-0.05, 0) is 12.1 Å². The largest absolute Gasteiger partial charge is 0.321 e. The van der Waals surface area contributed by atoms with Crippen molar-refractivity contribution in [1.82, 2.24) is 4.98 Å². The van der Waals surface area contributed by atoms with E-state index in [-0.39, 0.29) is 0 Å². The summed E-state index contributed by atoms with van der Waals surface area (Å²) < 4.78 is 24.0. The number of halogens is 1. The van der Waals surface area contributed by atoms with E-state index in [4.69, 9.17) is 14.0 Å². The third kappa shape index (κ3) is 10.3. The predicted molar refractivity (Wildman–Crippen MR) is 26.5 cm³/mol. The minimum atomic E-state index is -2.60. The van der Waals surface area contributed by atoms with E-state index in [1.54, 1.807) is 12.4 Å². The van der Waals surface area contributed by atoms with Crippen LogP contribution in [-0.2, 0) is 0 Å². The number of hydrogen-bond acceptors (Lipinski definition) is 4. The number of hydrogen-bond donors (Lipinski definition) is 1. The molecule has 0 unspecified atom stereocenters. The Kier molecular flexibility index (Phi) is 6.00. The third-order valence-electron chi connectivity index (χ3n) is 0.566. The van der Waals surface area contributed by atoms with E-state index in [0.717, 1.165) is 0 Å². The molecule has 0 saturated heterocycles. The molecule has 0 aliphatic carbocycles. The second-order valence-electron chi connectivity index (χ2n) is 1.23. The minimum Gasteiger partial charge on any atom is -0.321 e. The van der Waals surface area contributed by atoms with Gasteiger partial charge in [-0.25, -0.2) is 0 Å². The van der Waals surface area contributed by atoms with Gasteiger partial charge in [0.25, 0.3) is 10.8 Å². The van der Waals surface area contributed by atoms with Crippen molar-refractivity contribution in [2.45, 2.75) is 0 Å². The molecule has 1 aromatic heterocycles. The highest BCUT2D eigenvalue weighted by Gasteiger charge is 1.79. The van der Waals surface area contributed by atoms with Crippen LogP contribution in [0, 0.1) is 10.8 Å². The molecule has 0 atom stereocenters. The maximum atomic E-state index is 8.52. The highest BCUT2D eigenvalue weighted by Crippen LogP contribution is 1.73. The van der Waals surface area contributed by atoms with Gasteiger partial charge in [-0.3, -0.25) is 4.98 Å². The third-order valence-corrected chi connectivity index (χ3v) is 0.566. The van der Waals surface area contributed by atoms with Crippen LogP contribution in [0.15, 0.2) is 30.6 Å². The molecule has 1 aromatic rings. The standard InChI is InChI=1S/C5H5N.ClHO3/c1-2-4-6-5-3-1;2-1(3)4/h1-5H;2H. The van der Waals surface area contributed by atoms with Gasteiger partial charge in [0.2, 0.25) is 0 Å². The summed E-state index contributed by atoms with van der Waals surface area (Å²) in [6, 6.07) is 5.72. The van der Waals surface area contributed by atoms with Crippen LogP contribution in [0.3, 0.4) is 0 Å². The second kappa shape index (κ2) is 6.44. The lowest BCUT2D eigenvalue weighted by atomic mass is 10.5. The Bertz CT molecular complexity index is 117. The fraction of sp³-hybridized carbons (Fsp3) is 0. The molecule has 56 valence electrons. The van der Waals surface area contributed by atoms with E-state index in [1.807, 2.05) is 18.2 Å². The number of rotatable bonds is 0. The van der Waals surface area contributed by atoms with Crippen molar-refractivity contribution in [3.05, 3.63) is 30.6 Å². The maximum absolute atomic E-state index is 8.52. The second-order valence-corrected chi connectivity index (χ2v) is 1.63. The first-order valence-corrected chi connectivity index (χ1v) is 3.28. The van der Waals surface area contributed by atoms with E-state index >= 15 is 0 Å². The zero-order chi connectivity index (χ0) is 7.82. The topological polar surface area (TPSA) is 79.2 Å². The monoisotopic (exact) mass is 163 g/mol. The molecule has 1 heterocycles. The lowest BCUT2D eigenvalue weighted by Crippen LogP contribution is -2.30. The van der Waals surface area contributed by atoms with Crippen molar-refractivity contribution in [3.63, 3.8) is 0 Å². The van der Waals surface area contributed by atoms with Crippen molar-refractivity contribution in [2.24, 2.45) is 0 Å². The molecule has 1 rings (SSSR count). The van der Waals surface area contributed by atoms with Crippen molar-refractivity contribution >= 4 is 0 Å². The van der Waals surface area contributed by atoms with Crippen LogP contribution in [0.2, 0.25) is 0 Å². The molecular formula is C5H6ClNO3. The van der Waals surface area contributed by atoms with Crippen LogP contribution in [0.5, 0.6) is 0 Å². The van der Waals surface area contributed by atoms with Crippen molar-refractivity contribution in [3.8, 4) is 0 Å². The molecule has 0 radical (unpaired) electrons. The van der Waals surface area contributed by atoms with Crippen molar-refractivity contribution < 1.29 is 24.8 Å². The van der Waals surface area contributed by atoms with Gasteiger partial charge < -0.3 is 9.32 Å². The molecule has 0 amide bonds. The average molecular weight is 164 g/mol. The normalized spacial score (nSPS) is 8.40. The Labute approximate surface area is 61.2 Å². The average Bonchev–Trinajstić information content (AvgIpc) is 1.90. The van der Waals surface area contributed by atoms with Gasteiger partial charge in [-0.1, -0.05) is 6.07 Å². The summed E-state index contributed by atoms with van der Waals surface area (Å²) >= 11 is 0. The first-order chi connectivity index (χ1) is 4.73. The van der Waals surface area contributed by atoms with Crippen LogP contribution in [0.1, 0.15) is 0 Å². The molecule has 0 saturated carbocycles. The van der Waals surface area contributed by atoms with Gasteiger partial charge in [0.05, 0.1) is 0 Å². The van der Waals surface area contributed by atoms with E-state index in [0.29, 0.717) is 0 Å². The van der Waals surface area contributed by atoms with Crippen molar-refractivity contribution in [1.29, 1.82) is 0 Å². The Morgan fingerprint density at radius 1 is 1.10 bits per heavy atom. The lowest BCUT2D eigenvalue weighted by molar-refractivity contribution is -1.63. The molecule has 4 nitrogen and oxygen atoms in total.